The summed E-state index contributed by atoms with van der Waals surface area (Å²) in [7, 11) is 1.82. The molecule has 0 fully saturated rings. The number of rotatable bonds is 1. The molecule has 0 bridgehead atoms. The summed E-state index contributed by atoms with van der Waals surface area (Å²) in [5.74, 6) is 0.806. The fourth-order valence-electron chi connectivity index (χ4n) is 0.421. The Balaban J connectivity index is 0.000000291. The maximum absolute atomic E-state index is 8.00. The van der Waals surface area contributed by atoms with Gasteiger partial charge in [-0.2, -0.15) is 0 Å². The van der Waals surface area contributed by atoms with Crippen molar-refractivity contribution >= 4 is 12.7 Å². The molecule has 0 radical (unpaired) electrons. The van der Waals surface area contributed by atoms with E-state index in [1.54, 1.807) is 6.26 Å². The maximum Gasteiger partial charge on any atom is 0.192 e. The molecule has 1 rings (SSSR count). The average molecular weight is 127 g/mol. The quantitative estimate of drug-likeness (QED) is 0.615. The standard InChI is InChI=1S/C5H7NO.CH2O/c1-6-5-3-2-4-7-5;1-2/h2-4,6H,1H3;1H2. The Morgan fingerprint density at radius 3 is 2.56 bits per heavy atom. The minimum Gasteiger partial charge on any atom is -0.449 e. The fourth-order valence-corrected chi connectivity index (χ4v) is 0.421. The summed E-state index contributed by atoms with van der Waals surface area (Å²) in [5, 5.41) is 2.84. The van der Waals surface area contributed by atoms with E-state index in [4.69, 9.17) is 9.21 Å². The van der Waals surface area contributed by atoms with Crippen molar-refractivity contribution < 1.29 is 9.21 Å². The van der Waals surface area contributed by atoms with Crippen molar-refractivity contribution in [1.82, 2.24) is 0 Å². The number of furan rings is 1. The molecule has 1 heterocycles. The highest BCUT2D eigenvalue weighted by Gasteiger charge is 1.82. The minimum atomic E-state index is 0.806. The van der Waals surface area contributed by atoms with Crippen LogP contribution in [0.4, 0.5) is 5.88 Å². The van der Waals surface area contributed by atoms with Gasteiger partial charge in [0.1, 0.15) is 6.79 Å². The molecule has 50 valence electrons. The van der Waals surface area contributed by atoms with Gasteiger partial charge < -0.3 is 14.5 Å². The number of hydrogen-bond acceptors (Lipinski definition) is 3. The van der Waals surface area contributed by atoms with Crippen molar-refractivity contribution in [2.45, 2.75) is 0 Å². The van der Waals surface area contributed by atoms with Gasteiger partial charge in [-0.1, -0.05) is 0 Å². The maximum atomic E-state index is 8.00. The smallest absolute Gasteiger partial charge is 0.192 e. The van der Waals surface area contributed by atoms with Crippen molar-refractivity contribution in [3.05, 3.63) is 18.4 Å². The van der Waals surface area contributed by atoms with E-state index >= 15 is 0 Å². The molecule has 0 saturated carbocycles. The SMILES string of the molecule is C=O.CNc1ccco1. The Kier molecular flexibility index (Phi) is 4.22. The van der Waals surface area contributed by atoms with Gasteiger partial charge in [0.25, 0.3) is 0 Å². The lowest BCUT2D eigenvalue weighted by Gasteiger charge is -1.85. The van der Waals surface area contributed by atoms with Crippen LogP contribution in [0.2, 0.25) is 0 Å². The van der Waals surface area contributed by atoms with Gasteiger partial charge in [0.2, 0.25) is 0 Å². The summed E-state index contributed by atoms with van der Waals surface area (Å²) < 4.78 is 4.87. The van der Waals surface area contributed by atoms with E-state index < -0.39 is 0 Å². The van der Waals surface area contributed by atoms with Gasteiger partial charge in [-0.25, -0.2) is 0 Å². The molecule has 3 nitrogen and oxygen atoms in total. The van der Waals surface area contributed by atoms with Crippen LogP contribution in [0.15, 0.2) is 22.8 Å². The van der Waals surface area contributed by atoms with Crippen LogP contribution >= 0.6 is 0 Å². The van der Waals surface area contributed by atoms with E-state index in [1.165, 1.54) is 0 Å². The first-order valence-corrected chi connectivity index (χ1v) is 2.43. The van der Waals surface area contributed by atoms with Gasteiger partial charge in [0, 0.05) is 13.1 Å². The molecule has 0 aliphatic heterocycles. The molecule has 1 N–H and O–H groups in total. The topological polar surface area (TPSA) is 42.2 Å². The first kappa shape index (κ1) is 7.75. The average Bonchev–Trinajstić information content (AvgIpc) is 2.43. The van der Waals surface area contributed by atoms with Gasteiger partial charge >= 0.3 is 0 Å². The number of hydrogen-bond donors (Lipinski definition) is 1. The Morgan fingerprint density at radius 1 is 1.67 bits per heavy atom. The summed E-state index contributed by atoms with van der Waals surface area (Å²) in [6, 6.07) is 3.70. The molecule has 0 amide bonds. The van der Waals surface area contributed by atoms with E-state index in [1.807, 2.05) is 26.0 Å². The van der Waals surface area contributed by atoms with Crippen LogP contribution in [-0.2, 0) is 4.79 Å². The van der Waals surface area contributed by atoms with Crippen LogP contribution in [0.3, 0.4) is 0 Å². The van der Waals surface area contributed by atoms with Crippen LogP contribution in [0.1, 0.15) is 0 Å². The third kappa shape index (κ3) is 2.54. The van der Waals surface area contributed by atoms with Gasteiger partial charge in [0.05, 0.1) is 6.26 Å². The zero-order valence-corrected chi connectivity index (χ0v) is 5.26. The van der Waals surface area contributed by atoms with Crippen molar-refractivity contribution in [1.29, 1.82) is 0 Å². The third-order valence-electron chi connectivity index (χ3n) is 0.768. The fraction of sp³-hybridized carbons (Fsp3) is 0.167. The molecule has 0 aromatic carbocycles. The monoisotopic (exact) mass is 127 g/mol. The summed E-state index contributed by atoms with van der Waals surface area (Å²) >= 11 is 0. The van der Waals surface area contributed by atoms with E-state index in [0.717, 1.165) is 5.88 Å². The molecule has 0 aliphatic rings. The van der Waals surface area contributed by atoms with Gasteiger partial charge in [-0.05, 0) is 6.07 Å². The highest BCUT2D eigenvalue weighted by Crippen LogP contribution is 2.03. The zero-order chi connectivity index (χ0) is 7.11. The lowest BCUT2D eigenvalue weighted by atomic mass is 10.6. The second kappa shape index (κ2) is 4.90. The largest absolute Gasteiger partial charge is 0.449 e. The Morgan fingerprint density at radius 2 is 2.33 bits per heavy atom. The van der Waals surface area contributed by atoms with Crippen LogP contribution in [0.25, 0.3) is 0 Å². The third-order valence-corrected chi connectivity index (χ3v) is 0.768. The van der Waals surface area contributed by atoms with Gasteiger partial charge in [-0.15, -0.1) is 0 Å². The second-order valence-electron chi connectivity index (χ2n) is 1.23. The molecule has 0 spiro atoms. The predicted molar refractivity (Wildman–Crippen MR) is 35.4 cm³/mol. The van der Waals surface area contributed by atoms with Crippen molar-refractivity contribution in [2.24, 2.45) is 0 Å². The lowest BCUT2D eigenvalue weighted by molar-refractivity contribution is -0.0979. The summed E-state index contributed by atoms with van der Waals surface area (Å²) in [4.78, 5) is 8.00. The summed E-state index contributed by atoms with van der Waals surface area (Å²) in [5.41, 5.74) is 0. The van der Waals surface area contributed by atoms with Crippen molar-refractivity contribution in [3.8, 4) is 0 Å². The van der Waals surface area contributed by atoms with Gasteiger partial charge in [-0.3, -0.25) is 0 Å². The summed E-state index contributed by atoms with van der Waals surface area (Å²) in [6.45, 7) is 2.00. The van der Waals surface area contributed by atoms with Gasteiger partial charge in [0.15, 0.2) is 5.88 Å². The molecule has 0 atom stereocenters. The van der Waals surface area contributed by atoms with E-state index in [9.17, 15) is 0 Å². The van der Waals surface area contributed by atoms with E-state index in [0.29, 0.717) is 0 Å². The van der Waals surface area contributed by atoms with Crippen LogP contribution in [0, 0.1) is 0 Å². The van der Waals surface area contributed by atoms with Crippen molar-refractivity contribution in [2.75, 3.05) is 12.4 Å². The Bertz CT molecular complexity index is 137. The number of carbonyl (C=O) groups excluding carboxylic acids is 1. The summed E-state index contributed by atoms with van der Waals surface area (Å²) in [6.07, 6.45) is 1.63. The molecule has 9 heavy (non-hydrogen) atoms. The number of anilines is 1. The first-order valence-electron chi connectivity index (χ1n) is 2.43. The number of nitrogens with one attached hydrogen (secondary N) is 1. The normalized spacial score (nSPS) is 7.22. The Labute approximate surface area is 53.7 Å². The highest BCUT2D eigenvalue weighted by molar-refractivity contribution is 5.27. The molecule has 0 aliphatic carbocycles. The van der Waals surface area contributed by atoms with Crippen molar-refractivity contribution in [3.63, 3.8) is 0 Å². The highest BCUT2D eigenvalue weighted by atomic mass is 16.3. The Hall–Kier alpha value is -1.25. The van der Waals surface area contributed by atoms with Crippen LogP contribution < -0.4 is 5.32 Å². The van der Waals surface area contributed by atoms with E-state index in [2.05, 4.69) is 5.32 Å². The predicted octanol–water partition coefficient (Wildman–Crippen LogP) is 1.14. The lowest BCUT2D eigenvalue weighted by Crippen LogP contribution is -1.81. The molecule has 1 aromatic rings. The van der Waals surface area contributed by atoms with Crippen LogP contribution in [-0.4, -0.2) is 13.8 Å². The van der Waals surface area contributed by atoms with E-state index in [-0.39, 0.29) is 0 Å². The number of carbonyl (C=O) groups is 1. The molecular formula is C6H9NO2. The molecule has 0 saturated heterocycles. The molecular weight excluding hydrogens is 118 g/mol. The minimum absolute atomic E-state index is 0.806. The zero-order valence-electron chi connectivity index (χ0n) is 5.26. The molecule has 3 heteroatoms. The second-order valence-corrected chi connectivity index (χ2v) is 1.23. The van der Waals surface area contributed by atoms with Crippen LogP contribution in [0.5, 0.6) is 0 Å². The first-order chi connectivity index (χ1) is 4.43. The molecule has 1 aromatic heterocycles. The molecule has 0 unspecified atom stereocenters.